The highest BCUT2D eigenvalue weighted by atomic mass is 32.2. The van der Waals surface area contributed by atoms with Crippen molar-refractivity contribution < 1.29 is 8.42 Å². The number of nitrogens with zero attached hydrogens (tertiary/aromatic N) is 1. The molecule has 0 amide bonds. The third-order valence-electron chi connectivity index (χ3n) is 1.73. The number of rotatable bonds is 3. The lowest BCUT2D eigenvalue weighted by Crippen LogP contribution is -2.15. The van der Waals surface area contributed by atoms with Crippen LogP contribution < -0.4 is 5.73 Å². The second-order valence-electron chi connectivity index (χ2n) is 2.74. The van der Waals surface area contributed by atoms with Crippen LogP contribution in [0.2, 0.25) is 0 Å². The topological polar surface area (TPSA) is 84.0 Å². The fourth-order valence-electron chi connectivity index (χ4n) is 1.01. The maximum Gasteiger partial charge on any atom is 0.179 e. The molecule has 1 aromatic carbocycles. The Kier molecular flexibility index (Phi) is 3.23. The second-order valence-corrected chi connectivity index (χ2v) is 4.85. The number of sulfone groups is 1. The molecule has 0 saturated heterocycles. The van der Waals surface area contributed by atoms with Crippen LogP contribution in [-0.4, -0.2) is 20.7 Å². The Balaban J connectivity index is 3.05. The van der Waals surface area contributed by atoms with Gasteiger partial charge in [-0.1, -0.05) is 0 Å². The van der Waals surface area contributed by atoms with Crippen molar-refractivity contribution in [3.8, 4) is 6.07 Å². The number of benzene rings is 1. The van der Waals surface area contributed by atoms with Gasteiger partial charge in [-0.3, -0.25) is 0 Å². The van der Waals surface area contributed by atoms with E-state index >= 15 is 0 Å². The average Bonchev–Trinajstić information content (AvgIpc) is 2.18. The molecular weight excluding hydrogens is 200 g/mol. The minimum absolute atomic E-state index is 0.0705. The normalized spacial score (nSPS) is 10.9. The smallest absolute Gasteiger partial charge is 0.179 e. The summed E-state index contributed by atoms with van der Waals surface area (Å²) in [4.78, 5) is 0.210. The Morgan fingerprint density at radius 1 is 1.29 bits per heavy atom. The first-order valence-corrected chi connectivity index (χ1v) is 5.68. The lowest BCUT2D eigenvalue weighted by Gasteiger charge is -2.01. The predicted molar refractivity (Wildman–Crippen MR) is 52.3 cm³/mol. The fourth-order valence-corrected chi connectivity index (χ4v) is 2.11. The molecule has 2 N–H and O–H groups in total. The first kappa shape index (κ1) is 10.7. The van der Waals surface area contributed by atoms with E-state index < -0.39 is 9.84 Å². The Labute approximate surface area is 82.9 Å². The van der Waals surface area contributed by atoms with Gasteiger partial charge in [0.2, 0.25) is 0 Å². The van der Waals surface area contributed by atoms with Gasteiger partial charge in [-0.05, 0) is 24.3 Å². The molecule has 0 aliphatic heterocycles. The molecule has 0 aliphatic carbocycles. The Bertz CT molecular complexity index is 443. The van der Waals surface area contributed by atoms with E-state index in [2.05, 4.69) is 0 Å². The molecule has 14 heavy (non-hydrogen) atoms. The van der Waals surface area contributed by atoms with E-state index in [0.29, 0.717) is 5.56 Å². The largest absolute Gasteiger partial charge is 0.329 e. The van der Waals surface area contributed by atoms with Crippen LogP contribution in [0.4, 0.5) is 0 Å². The second kappa shape index (κ2) is 4.22. The molecule has 74 valence electrons. The first-order chi connectivity index (χ1) is 6.60. The van der Waals surface area contributed by atoms with Gasteiger partial charge < -0.3 is 5.73 Å². The molecule has 0 heterocycles. The van der Waals surface area contributed by atoms with Gasteiger partial charge >= 0.3 is 0 Å². The number of hydrogen-bond acceptors (Lipinski definition) is 4. The number of hydrogen-bond donors (Lipinski definition) is 1. The van der Waals surface area contributed by atoms with Crippen molar-refractivity contribution in [2.24, 2.45) is 5.73 Å². The third-order valence-corrected chi connectivity index (χ3v) is 3.49. The summed E-state index contributed by atoms with van der Waals surface area (Å²) in [6.07, 6.45) is 0. The molecule has 0 atom stereocenters. The maximum absolute atomic E-state index is 11.5. The summed E-state index contributed by atoms with van der Waals surface area (Å²) in [5, 5.41) is 8.52. The molecule has 0 fully saturated rings. The summed E-state index contributed by atoms with van der Waals surface area (Å²) < 4.78 is 22.9. The molecule has 0 bridgehead atoms. The van der Waals surface area contributed by atoms with Gasteiger partial charge in [0.25, 0.3) is 0 Å². The highest BCUT2D eigenvalue weighted by Gasteiger charge is 2.12. The maximum atomic E-state index is 11.5. The SMILES string of the molecule is N#Cc1ccc(S(=O)(=O)CCN)cc1. The lowest BCUT2D eigenvalue weighted by molar-refractivity contribution is 0.596. The molecule has 1 rings (SSSR count). The van der Waals surface area contributed by atoms with Crippen molar-refractivity contribution in [1.29, 1.82) is 5.26 Å². The zero-order valence-electron chi connectivity index (χ0n) is 7.47. The highest BCUT2D eigenvalue weighted by Crippen LogP contribution is 2.11. The van der Waals surface area contributed by atoms with E-state index in [-0.39, 0.29) is 17.2 Å². The molecule has 0 radical (unpaired) electrons. The third kappa shape index (κ3) is 2.31. The van der Waals surface area contributed by atoms with Crippen LogP contribution in [0.25, 0.3) is 0 Å². The summed E-state index contributed by atoms with van der Waals surface area (Å²) in [7, 11) is -3.27. The fraction of sp³-hybridized carbons (Fsp3) is 0.222. The molecular formula is C9H10N2O2S. The molecule has 1 aromatic rings. The Hall–Kier alpha value is -1.38. The minimum Gasteiger partial charge on any atom is -0.329 e. The summed E-state index contributed by atoms with van der Waals surface area (Å²) >= 11 is 0. The van der Waals surface area contributed by atoms with E-state index in [1.54, 1.807) is 0 Å². The van der Waals surface area contributed by atoms with Gasteiger partial charge in [0, 0.05) is 6.54 Å². The molecule has 0 aromatic heterocycles. The highest BCUT2D eigenvalue weighted by molar-refractivity contribution is 7.91. The van der Waals surface area contributed by atoms with Gasteiger partial charge in [0.15, 0.2) is 9.84 Å². The van der Waals surface area contributed by atoms with E-state index in [1.807, 2.05) is 6.07 Å². The van der Waals surface area contributed by atoms with E-state index in [4.69, 9.17) is 11.0 Å². The number of nitrogens with two attached hydrogens (primary N) is 1. The van der Waals surface area contributed by atoms with Crippen molar-refractivity contribution >= 4 is 9.84 Å². The lowest BCUT2D eigenvalue weighted by atomic mass is 10.2. The van der Waals surface area contributed by atoms with Crippen molar-refractivity contribution in [1.82, 2.24) is 0 Å². The van der Waals surface area contributed by atoms with Crippen molar-refractivity contribution in [2.75, 3.05) is 12.3 Å². The molecule has 5 heteroatoms. The van der Waals surface area contributed by atoms with E-state index in [1.165, 1.54) is 24.3 Å². The zero-order chi connectivity index (χ0) is 10.6. The molecule has 0 saturated carbocycles. The zero-order valence-corrected chi connectivity index (χ0v) is 8.29. The van der Waals surface area contributed by atoms with Crippen LogP contribution >= 0.6 is 0 Å². The van der Waals surface area contributed by atoms with Gasteiger partial charge in [-0.15, -0.1) is 0 Å². The van der Waals surface area contributed by atoms with Gasteiger partial charge in [0.05, 0.1) is 22.3 Å². The van der Waals surface area contributed by atoms with Crippen LogP contribution in [0.5, 0.6) is 0 Å². The summed E-state index contributed by atoms with van der Waals surface area (Å²) in [5.74, 6) is -0.0705. The van der Waals surface area contributed by atoms with E-state index in [0.717, 1.165) is 0 Å². The monoisotopic (exact) mass is 210 g/mol. The summed E-state index contributed by atoms with van der Waals surface area (Å²) in [6, 6.07) is 7.71. The van der Waals surface area contributed by atoms with E-state index in [9.17, 15) is 8.42 Å². The standard InChI is InChI=1S/C9H10N2O2S/c10-5-6-14(12,13)9-3-1-8(7-11)2-4-9/h1-4H,5-6,10H2. The quantitative estimate of drug-likeness (QED) is 0.777. The van der Waals surface area contributed by atoms with Crippen molar-refractivity contribution in [3.63, 3.8) is 0 Å². The predicted octanol–water partition coefficient (Wildman–Crippen LogP) is 0.291. The molecule has 0 unspecified atom stereocenters. The average molecular weight is 210 g/mol. The Morgan fingerprint density at radius 2 is 1.86 bits per heavy atom. The van der Waals surface area contributed by atoms with Gasteiger partial charge in [0.1, 0.15) is 0 Å². The first-order valence-electron chi connectivity index (χ1n) is 4.03. The Morgan fingerprint density at radius 3 is 2.29 bits per heavy atom. The molecule has 4 nitrogen and oxygen atoms in total. The van der Waals surface area contributed by atoms with Crippen LogP contribution in [0.1, 0.15) is 5.56 Å². The molecule has 0 spiro atoms. The van der Waals surface area contributed by atoms with Crippen LogP contribution in [0.15, 0.2) is 29.2 Å². The van der Waals surface area contributed by atoms with Crippen LogP contribution in [-0.2, 0) is 9.84 Å². The van der Waals surface area contributed by atoms with Crippen LogP contribution in [0.3, 0.4) is 0 Å². The summed E-state index contributed by atoms with van der Waals surface area (Å²) in [5.41, 5.74) is 5.62. The van der Waals surface area contributed by atoms with Crippen LogP contribution in [0, 0.1) is 11.3 Å². The van der Waals surface area contributed by atoms with Gasteiger partial charge in [-0.2, -0.15) is 5.26 Å². The van der Waals surface area contributed by atoms with Gasteiger partial charge in [-0.25, -0.2) is 8.42 Å². The summed E-state index contributed by atoms with van der Waals surface area (Å²) in [6.45, 7) is 0.0995. The van der Waals surface area contributed by atoms with Crippen molar-refractivity contribution in [3.05, 3.63) is 29.8 Å². The number of nitriles is 1. The minimum atomic E-state index is -3.27. The van der Waals surface area contributed by atoms with Crippen molar-refractivity contribution in [2.45, 2.75) is 4.90 Å². The molecule has 0 aliphatic rings.